The fraction of sp³-hybridized carbons (Fsp3) is 0.333. The van der Waals surface area contributed by atoms with Crippen LogP contribution in [0, 0.1) is 13.8 Å². The molecule has 0 aliphatic rings. The summed E-state index contributed by atoms with van der Waals surface area (Å²) >= 11 is 0. The number of hydrogen-bond acceptors (Lipinski definition) is 1. The first-order valence-corrected chi connectivity index (χ1v) is 4.47. The van der Waals surface area contributed by atoms with Crippen LogP contribution in [0.5, 0.6) is 0 Å². The number of fused-ring (bicyclic) bond motifs is 1. The van der Waals surface area contributed by atoms with Crippen molar-refractivity contribution in [3.8, 4) is 0 Å². The molecule has 0 amide bonds. The van der Waals surface area contributed by atoms with Gasteiger partial charge >= 0.3 is 0 Å². The van der Waals surface area contributed by atoms with E-state index in [9.17, 15) is 0 Å². The number of nitrogens with one attached hydrogen (secondary N) is 1. The van der Waals surface area contributed by atoms with Crippen LogP contribution in [0.2, 0.25) is 2.82 Å². The molecule has 74 valence electrons. The summed E-state index contributed by atoms with van der Waals surface area (Å²) in [5.41, 5.74) is 2.12. The highest BCUT2D eigenvalue weighted by Crippen LogP contribution is 2.24. The molecule has 0 spiro atoms. The molecule has 0 aliphatic heterocycles. The van der Waals surface area contributed by atoms with Crippen molar-refractivity contribution >= 4 is 10.9 Å². The maximum absolute atomic E-state index is 8.10. The SMILES string of the molecule is [2H]N([2H])C([2H])([2H])C([2H])([2H])c1c(C)[nH]c2c(C)cccc12. The molecule has 0 radical (unpaired) electrons. The summed E-state index contributed by atoms with van der Waals surface area (Å²) in [7, 11) is 0. The Bertz CT molecular complexity index is 647. The van der Waals surface area contributed by atoms with Crippen LogP contribution in [0.4, 0.5) is 0 Å². The van der Waals surface area contributed by atoms with Crippen LogP contribution >= 0.6 is 0 Å². The lowest BCUT2D eigenvalue weighted by Gasteiger charge is -1.98. The number of benzene rings is 1. The number of rotatable bonds is 3. The molecule has 2 aromatic rings. The topological polar surface area (TPSA) is 41.8 Å². The van der Waals surface area contributed by atoms with E-state index in [0.717, 1.165) is 11.1 Å². The number of para-hydroxylation sites is 1. The number of aryl methyl sites for hydroxylation is 3. The number of aromatic amines is 1. The summed E-state index contributed by atoms with van der Waals surface area (Å²) in [5.74, 6) is 0. The summed E-state index contributed by atoms with van der Waals surface area (Å²) in [6, 6.07) is 5.38. The van der Waals surface area contributed by atoms with Crippen LogP contribution in [0.25, 0.3) is 10.9 Å². The zero-order valence-corrected chi connectivity index (χ0v) is 8.18. The molecule has 1 aromatic heterocycles. The number of nitrogens with two attached hydrogens (primary N) is 1. The number of hydrogen-bond donors (Lipinski definition) is 2. The van der Waals surface area contributed by atoms with E-state index in [0.29, 0.717) is 11.1 Å². The van der Waals surface area contributed by atoms with Gasteiger partial charge in [-0.2, -0.15) is 0 Å². The average Bonchev–Trinajstić information content (AvgIpc) is 2.67. The molecule has 0 unspecified atom stereocenters. The minimum Gasteiger partial charge on any atom is -0.358 e. The third kappa shape index (κ3) is 1.32. The molecule has 1 heterocycles. The average molecular weight is 194 g/mol. The van der Waals surface area contributed by atoms with E-state index in [1.165, 1.54) is 0 Å². The highest BCUT2D eigenvalue weighted by Gasteiger charge is 2.07. The van der Waals surface area contributed by atoms with Gasteiger partial charge in [0.15, 0.2) is 0 Å². The van der Waals surface area contributed by atoms with Gasteiger partial charge in [0, 0.05) is 22.1 Å². The molecule has 0 bridgehead atoms. The first-order valence-electron chi connectivity index (χ1n) is 7.36. The lowest BCUT2D eigenvalue weighted by Crippen LogP contribution is -2.03. The smallest absolute Gasteiger partial charge is 0.118 e. The van der Waals surface area contributed by atoms with Crippen molar-refractivity contribution in [2.75, 3.05) is 6.50 Å². The van der Waals surface area contributed by atoms with Gasteiger partial charge in [-0.15, -0.1) is 0 Å². The summed E-state index contributed by atoms with van der Waals surface area (Å²) in [6.07, 6.45) is -2.49. The van der Waals surface area contributed by atoms with Crippen molar-refractivity contribution in [3.05, 3.63) is 35.0 Å². The van der Waals surface area contributed by atoms with E-state index in [2.05, 4.69) is 4.98 Å². The van der Waals surface area contributed by atoms with Crippen molar-refractivity contribution in [1.29, 1.82) is 0 Å². The van der Waals surface area contributed by atoms with E-state index < -0.39 is 12.9 Å². The first kappa shape index (κ1) is 4.49. The molecule has 3 N–H and O–H groups in total. The Morgan fingerprint density at radius 2 is 2.36 bits per heavy atom. The molecular weight excluding hydrogens is 172 g/mol. The van der Waals surface area contributed by atoms with Gasteiger partial charge in [-0.1, -0.05) is 18.2 Å². The summed E-state index contributed by atoms with van der Waals surface area (Å²) in [5, 5.41) is 0.582. The molecule has 0 atom stereocenters. The highest BCUT2D eigenvalue weighted by molar-refractivity contribution is 5.87. The van der Waals surface area contributed by atoms with Crippen molar-refractivity contribution in [3.63, 3.8) is 0 Å². The Balaban J connectivity index is 2.75. The number of aromatic nitrogens is 1. The van der Waals surface area contributed by atoms with E-state index in [4.69, 9.17) is 8.31 Å². The van der Waals surface area contributed by atoms with Gasteiger partial charge in [-0.25, -0.2) is 0 Å². The third-order valence-corrected chi connectivity index (χ3v) is 2.41. The fourth-order valence-corrected chi connectivity index (χ4v) is 1.71. The minimum atomic E-state index is -2.77. The van der Waals surface area contributed by atoms with Gasteiger partial charge in [0.1, 0.15) is 2.82 Å². The van der Waals surface area contributed by atoms with Crippen LogP contribution in [0.1, 0.15) is 22.3 Å². The Morgan fingerprint density at radius 3 is 3.14 bits per heavy atom. The largest absolute Gasteiger partial charge is 0.358 e. The predicted molar refractivity (Wildman–Crippen MR) is 60.5 cm³/mol. The Labute approximate surface area is 92.7 Å². The molecule has 2 nitrogen and oxygen atoms in total. The zero-order chi connectivity index (χ0) is 15.3. The van der Waals surface area contributed by atoms with Crippen LogP contribution < -0.4 is 5.72 Å². The fourth-order valence-electron chi connectivity index (χ4n) is 1.71. The maximum Gasteiger partial charge on any atom is 0.118 e. The second-order valence-corrected chi connectivity index (χ2v) is 3.36. The second kappa shape index (κ2) is 3.46. The van der Waals surface area contributed by atoms with Gasteiger partial charge in [0.2, 0.25) is 0 Å². The lowest BCUT2D eigenvalue weighted by atomic mass is 10.1. The summed E-state index contributed by atoms with van der Waals surface area (Å²) < 4.78 is 45.9. The normalized spacial score (nSPS) is 19.6. The Hall–Kier alpha value is -1.28. The van der Waals surface area contributed by atoms with Crippen molar-refractivity contribution in [1.82, 2.24) is 4.98 Å². The van der Waals surface area contributed by atoms with Crippen LogP contribution in [-0.4, -0.2) is 11.5 Å². The van der Waals surface area contributed by atoms with E-state index in [-0.39, 0.29) is 11.3 Å². The summed E-state index contributed by atoms with van der Waals surface area (Å²) in [6.45, 7) is 0.783. The minimum absolute atomic E-state index is 0.158. The lowest BCUT2D eigenvalue weighted by molar-refractivity contribution is 0.963. The molecule has 2 heteroatoms. The molecule has 0 saturated carbocycles. The molecule has 1 aromatic carbocycles. The maximum atomic E-state index is 8.10. The van der Waals surface area contributed by atoms with Crippen LogP contribution in [-0.2, 0) is 6.37 Å². The third-order valence-electron chi connectivity index (χ3n) is 2.41. The van der Waals surface area contributed by atoms with E-state index >= 15 is 0 Å². The van der Waals surface area contributed by atoms with Gasteiger partial charge in [0.25, 0.3) is 0 Å². The van der Waals surface area contributed by atoms with Crippen molar-refractivity contribution in [2.24, 2.45) is 5.72 Å². The Kier molecular flexibility index (Phi) is 1.11. The second-order valence-electron chi connectivity index (χ2n) is 3.36. The van der Waals surface area contributed by atoms with Gasteiger partial charge in [-0.3, -0.25) is 0 Å². The Morgan fingerprint density at radius 1 is 1.50 bits per heavy atom. The predicted octanol–water partition coefficient (Wildman–Crippen LogP) is 2.29. The van der Waals surface area contributed by atoms with Crippen LogP contribution in [0.3, 0.4) is 0 Å². The van der Waals surface area contributed by atoms with Crippen LogP contribution in [0.15, 0.2) is 18.2 Å². The number of H-pyrrole nitrogens is 1. The van der Waals surface area contributed by atoms with Crippen molar-refractivity contribution in [2.45, 2.75) is 20.2 Å². The van der Waals surface area contributed by atoms with E-state index in [1.807, 2.05) is 13.0 Å². The molecule has 2 rings (SSSR count). The first-order chi connectivity index (χ1) is 9.10. The van der Waals surface area contributed by atoms with Gasteiger partial charge < -0.3 is 10.7 Å². The monoisotopic (exact) mass is 194 g/mol. The zero-order valence-electron chi connectivity index (χ0n) is 14.2. The molecule has 0 saturated heterocycles. The van der Waals surface area contributed by atoms with Gasteiger partial charge in [0.05, 0.1) is 0 Å². The highest BCUT2D eigenvalue weighted by atomic mass is 14.7. The molecular formula is C12H16N2. The van der Waals surface area contributed by atoms with E-state index in [1.54, 1.807) is 19.1 Å². The summed E-state index contributed by atoms with van der Waals surface area (Å²) in [4.78, 5) is 3.06. The molecule has 0 aliphatic carbocycles. The quantitative estimate of drug-likeness (QED) is 0.773. The van der Waals surface area contributed by atoms with Gasteiger partial charge in [-0.05, 0) is 37.8 Å². The van der Waals surface area contributed by atoms with Crippen molar-refractivity contribution < 1.29 is 8.31 Å². The molecule has 0 fully saturated rings. The molecule has 14 heavy (non-hydrogen) atoms. The standard InChI is InChI=1S/C12H16N2/c1-8-4-3-5-11-10(6-7-13)9(2)14-12(8)11/h3-5,14H,6-7,13H2,1-2H3/i6D2,7D2/hD2.